The minimum atomic E-state index is -0.594. The maximum absolute atomic E-state index is 11.3. The van der Waals surface area contributed by atoms with E-state index >= 15 is 0 Å². The maximum Gasteiger partial charge on any atom is 0.331 e. The molecule has 1 aliphatic rings. The highest BCUT2D eigenvalue weighted by Gasteiger charge is 2.17. The first kappa shape index (κ1) is 13.4. The van der Waals surface area contributed by atoms with Gasteiger partial charge in [0.1, 0.15) is 6.61 Å². The van der Waals surface area contributed by atoms with E-state index in [1.54, 1.807) is 12.1 Å². The van der Waals surface area contributed by atoms with Gasteiger partial charge >= 0.3 is 5.97 Å². The molecule has 0 aliphatic carbocycles. The molecular weight excluding hydrogens is 272 g/mol. The van der Waals surface area contributed by atoms with Crippen LogP contribution in [0.25, 0.3) is 6.08 Å². The van der Waals surface area contributed by atoms with Gasteiger partial charge in [-0.2, -0.15) is 0 Å². The van der Waals surface area contributed by atoms with E-state index in [2.05, 4.69) is 4.74 Å². The van der Waals surface area contributed by atoms with Crippen LogP contribution in [0.1, 0.15) is 12.5 Å². The van der Waals surface area contributed by atoms with E-state index < -0.39 is 5.97 Å². The third-order valence-electron chi connectivity index (χ3n) is 2.28. The molecule has 0 saturated carbocycles. The summed E-state index contributed by atoms with van der Waals surface area (Å²) in [5.41, 5.74) is 0.675. The van der Waals surface area contributed by atoms with Crippen molar-refractivity contribution >= 4 is 29.4 Å². The fraction of sp³-hybridized carbons (Fsp3) is 0.231. The fourth-order valence-corrected chi connectivity index (χ4v) is 1.74. The molecule has 0 atom stereocenters. The van der Waals surface area contributed by atoms with Crippen molar-refractivity contribution in [2.24, 2.45) is 0 Å². The van der Waals surface area contributed by atoms with Crippen molar-refractivity contribution < 1.29 is 23.8 Å². The van der Waals surface area contributed by atoms with Gasteiger partial charge in [0.15, 0.2) is 17.3 Å². The zero-order chi connectivity index (χ0) is 13.8. The highest BCUT2D eigenvalue weighted by Crippen LogP contribution is 2.39. The van der Waals surface area contributed by atoms with Crippen LogP contribution in [-0.2, 0) is 14.3 Å². The average Bonchev–Trinajstić information content (AvgIpc) is 2.82. The Balaban J connectivity index is 2.05. The zero-order valence-electron chi connectivity index (χ0n) is 10.1. The Morgan fingerprint density at radius 2 is 2.21 bits per heavy atom. The molecule has 0 N–H and O–H groups in total. The number of rotatable bonds is 4. The van der Waals surface area contributed by atoms with Gasteiger partial charge in [-0.3, -0.25) is 4.79 Å². The molecule has 0 bridgehead atoms. The lowest BCUT2D eigenvalue weighted by atomic mass is 10.2. The van der Waals surface area contributed by atoms with Gasteiger partial charge in [-0.15, -0.1) is 0 Å². The van der Waals surface area contributed by atoms with E-state index in [-0.39, 0.29) is 19.2 Å². The number of benzene rings is 1. The van der Waals surface area contributed by atoms with Crippen molar-refractivity contribution in [1.82, 2.24) is 0 Å². The van der Waals surface area contributed by atoms with Crippen molar-refractivity contribution in [1.29, 1.82) is 0 Å². The summed E-state index contributed by atoms with van der Waals surface area (Å²) >= 11 is 5.99. The van der Waals surface area contributed by atoms with Crippen LogP contribution in [0.3, 0.4) is 0 Å². The number of carbonyl (C=O) groups excluding carboxylic acids is 2. The van der Waals surface area contributed by atoms with Crippen LogP contribution >= 0.6 is 11.6 Å². The molecule has 0 spiro atoms. The maximum atomic E-state index is 11.3. The van der Waals surface area contributed by atoms with Crippen molar-refractivity contribution in [3.63, 3.8) is 0 Å². The molecule has 0 radical (unpaired) electrons. The number of fused-ring (bicyclic) bond motifs is 1. The van der Waals surface area contributed by atoms with E-state index in [1.165, 1.54) is 19.1 Å². The molecule has 2 rings (SSSR count). The SMILES string of the molecule is CC(=O)COC(=O)C=Cc1cc(Cl)c2c(c1)OCO2. The van der Waals surface area contributed by atoms with Crippen LogP contribution in [0.5, 0.6) is 11.5 Å². The molecular formula is C13H11ClO5. The summed E-state index contributed by atoms with van der Waals surface area (Å²) in [7, 11) is 0. The van der Waals surface area contributed by atoms with E-state index in [0.29, 0.717) is 22.1 Å². The van der Waals surface area contributed by atoms with Gasteiger partial charge in [0.25, 0.3) is 0 Å². The number of esters is 1. The minimum absolute atomic E-state index is 0.128. The number of carbonyl (C=O) groups is 2. The molecule has 1 aliphatic heterocycles. The molecule has 6 heteroatoms. The number of ketones is 1. The third kappa shape index (κ3) is 3.48. The number of Topliss-reactive ketones (excluding diaryl/α,β-unsaturated/α-hetero) is 1. The number of hydrogen-bond donors (Lipinski definition) is 0. The van der Waals surface area contributed by atoms with Crippen molar-refractivity contribution in [2.45, 2.75) is 6.92 Å². The number of halogens is 1. The summed E-state index contributed by atoms with van der Waals surface area (Å²) in [6.45, 7) is 1.24. The Morgan fingerprint density at radius 3 is 2.95 bits per heavy atom. The lowest BCUT2D eigenvalue weighted by Gasteiger charge is -2.01. The Morgan fingerprint density at radius 1 is 1.42 bits per heavy atom. The second-order valence-corrected chi connectivity index (χ2v) is 4.29. The quantitative estimate of drug-likeness (QED) is 0.626. The Bertz CT molecular complexity index is 550. The summed E-state index contributed by atoms with van der Waals surface area (Å²) in [4.78, 5) is 21.9. The number of hydrogen-bond acceptors (Lipinski definition) is 5. The second kappa shape index (κ2) is 5.75. The predicted molar refractivity (Wildman–Crippen MR) is 68.2 cm³/mol. The summed E-state index contributed by atoms with van der Waals surface area (Å²) in [6, 6.07) is 3.34. The molecule has 0 unspecified atom stereocenters. The smallest absolute Gasteiger partial charge is 0.331 e. The van der Waals surface area contributed by atoms with E-state index in [9.17, 15) is 9.59 Å². The first-order chi connectivity index (χ1) is 9.06. The predicted octanol–water partition coefficient (Wildman–Crippen LogP) is 2.21. The third-order valence-corrected chi connectivity index (χ3v) is 2.56. The van der Waals surface area contributed by atoms with Gasteiger partial charge in [-0.25, -0.2) is 4.79 Å². The van der Waals surface area contributed by atoms with Gasteiger partial charge in [0, 0.05) is 6.08 Å². The lowest BCUT2D eigenvalue weighted by Crippen LogP contribution is -2.08. The summed E-state index contributed by atoms with van der Waals surface area (Å²) in [6.07, 6.45) is 2.74. The van der Waals surface area contributed by atoms with Crippen LogP contribution in [0.15, 0.2) is 18.2 Å². The van der Waals surface area contributed by atoms with Gasteiger partial charge in [-0.05, 0) is 30.7 Å². The van der Waals surface area contributed by atoms with Gasteiger partial charge in [-0.1, -0.05) is 11.6 Å². The van der Waals surface area contributed by atoms with Crippen LogP contribution < -0.4 is 9.47 Å². The molecule has 1 heterocycles. The van der Waals surface area contributed by atoms with Gasteiger partial charge < -0.3 is 14.2 Å². The lowest BCUT2D eigenvalue weighted by molar-refractivity contribution is -0.142. The summed E-state index contributed by atoms with van der Waals surface area (Å²) in [5, 5.41) is 0.409. The molecule has 100 valence electrons. The highest BCUT2D eigenvalue weighted by molar-refractivity contribution is 6.32. The number of ether oxygens (including phenoxy) is 3. The van der Waals surface area contributed by atoms with Gasteiger partial charge in [0.05, 0.1) is 5.02 Å². The summed E-state index contributed by atoms with van der Waals surface area (Å²) < 4.78 is 15.1. The zero-order valence-corrected chi connectivity index (χ0v) is 10.9. The monoisotopic (exact) mass is 282 g/mol. The van der Waals surface area contributed by atoms with Crippen molar-refractivity contribution in [2.75, 3.05) is 13.4 Å². The molecule has 5 nitrogen and oxygen atoms in total. The largest absolute Gasteiger partial charge is 0.455 e. The standard InChI is InChI=1S/C13H11ClO5/c1-8(15)6-17-12(16)3-2-9-4-10(14)13-11(5-9)18-7-19-13/h2-5H,6-7H2,1H3. The van der Waals surface area contributed by atoms with Crippen LogP contribution in [0.2, 0.25) is 5.02 Å². The first-order valence-electron chi connectivity index (χ1n) is 5.49. The average molecular weight is 283 g/mol. The topological polar surface area (TPSA) is 61.8 Å². The molecule has 0 aromatic heterocycles. The Kier molecular flexibility index (Phi) is 4.06. The normalized spacial score (nSPS) is 12.7. The molecule has 1 aromatic rings. The highest BCUT2D eigenvalue weighted by atomic mass is 35.5. The molecule has 0 fully saturated rings. The molecule has 1 aromatic carbocycles. The Hall–Kier alpha value is -2.01. The second-order valence-electron chi connectivity index (χ2n) is 3.88. The van der Waals surface area contributed by atoms with E-state index in [1.807, 2.05) is 0 Å². The molecule has 0 amide bonds. The van der Waals surface area contributed by atoms with Crippen molar-refractivity contribution in [3.8, 4) is 11.5 Å². The van der Waals surface area contributed by atoms with Crippen LogP contribution in [0, 0.1) is 0 Å². The van der Waals surface area contributed by atoms with E-state index in [4.69, 9.17) is 21.1 Å². The molecule has 0 saturated heterocycles. The Labute approximate surface area is 114 Å². The van der Waals surface area contributed by atoms with Gasteiger partial charge in [0.2, 0.25) is 6.79 Å². The first-order valence-corrected chi connectivity index (χ1v) is 5.87. The minimum Gasteiger partial charge on any atom is -0.455 e. The molecule has 19 heavy (non-hydrogen) atoms. The van der Waals surface area contributed by atoms with Crippen LogP contribution in [0.4, 0.5) is 0 Å². The van der Waals surface area contributed by atoms with Crippen molar-refractivity contribution in [3.05, 3.63) is 28.8 Å². The van der Waals surface area contributed by atoms with Crippen LogP contribution in [-0.4, -0.2) is 25.2 Å². The summed E-state index contributed by atoms with van der Waals surface area (Å²) in [5.74, 6) is 0.221. The fourth-order valence-electron chi connectivity index (χ4n) is 1.47. The van der Waals surface area contributed by atoms with E-state index in [0.717, 1.165) is 0 Å².